The van der Waals surface area contributed by atoms with Gasteiger partial charge >= 0.3 is 0 Å². The lowest BCUT2D eigenvalue weighted by molar-refractivity contribution is -0.129. The Balaban J connectivity index is 2.42. The van der Waals surface area contributed by atoms with Gasteiger partial charge in [0, 0.05) is 49.4 Å². The molecular weight excluding hydrogens is 506 g/mol. The molecule has 4 N–H and O–H groups in total. The second-order valence-electron chi connectivity index (χ2n) is 8.83. The van der Waals surface area contributed by atoms with Gasteiger partial charge in [-0.2, -0.15) is 0 Å². The van der Waals surface area contributed by atoms with E-state index in [4.69, 9.17) is 14.2 Å². The van der Waals surface area contributed by atoms with Gasteiger partial charge < -0.3 is 30.2 Å². The molecule has 0 saturated carbocycles. The Bertz CT molecular complexity index is 856. The van der Waals surface area contributed by atoms with Crippen LogP contribution in [-0.2, 0) is 35.1 Å². The highest BCUT2D eigenvalue weighted by Gasteiger charge is 2.24. The number of amides is 3. The zero-order valence-corrected chi connectivity index (χ0v) is 23.5. The van der Waals surface area contributed by atoms with E-state index in [-0.39, 0.29) is 18.9 Å². The lowest BCUT2D eigenvalue weighted by Gasteiger charge is -2.27. The summed E-state index contributed by atoms with van der Waals surface area (Å²) in [7, 11) is 3.62. The normalized spacial score (nSPS) is 11.8. The van der Waals surface area contributed by atoms with Gasteiger partial charge in [-0.15, -0.1) is 0 Å². The average Bonchev–Trinajstić information content (AvgIpc) is 2.92. The van der Waals surface area contributed by atoms with Crippen LogP contribution in [0.1, 0.15) is 42.1 Å². The average molecular weight is 552 g/mol. The topological polar surface area (TPSA) is 147 Å². The van der Waals surface area contributed by atoms with Crippen LogP contribution in [0, 0.1) is 0 Å². The van der Waals surface area contributed by atoms with Gasteiger partial charge in [0.1, 0.15) is 6.29 Å². The lowest BCUT2D eigenvalue weighted by Crippen LogP contribution is -2.44. The SMILES string of the molecule is CCCC(C(=O)NC=O)N(C)Cc1c(C=O)cccc1NC(=O)CCNCCOCCOCCOCCNC. The molecule has 0 fully saturated rings. The Hall–Kier alpha value is -2.74. The number of likely N-dealkylation sites (N-methyl/N-ethyl adjacent to an activating group) is 2. The van der Waals surface area contributed by atoms with Gasteiger partial charge in [0.15, 0.2) is 0 Å². The minimum Gasteiger partial charge on any atom is -0.378 e. The third-order valence-electron chi connectivity index (χ3n) is 5.81. The maximum atomic E-state index is 12.6. The van der Waals surface area contributed by atoms with Crippen LogP contribution < -0.4 is 21.3 Å². The molecule has 1 aromatic carbocycles. The molecule has 0 bridgehead atoms. The van der Waals surface area contributed by atoms with E-state index < -0.39 is 11.9 Å². The fourth-order valence-corrected chi connectivity index (χ4v) is 3.75. The van der Waals surface area contributed by atoms with Crippen LogP contribution in [0.3, 0.4) is 0 Å². The molecule has 1 atom stereocenters. The molecule has 0 spiro atoms. The van der Waals surface area contributed by atoms with Crippen molar-refractivity contribution < 1.29 is 33.4 Å². The predicted octanol–water partition coefficient (Wildman–Crippen LogP) is 0.560. The van der Waals surface area contributed by atoms with Crippen molar-refractivity contribution in [1.82, 2.24) is 20.9 Å². The molecule has 0 saturated heterocycles. The zero-order chi connectivity index (χ0) is 28.7. The van der Waals surface area contributed by atoms with E-state index >= 15 is 0 Å². The fourth-order valence-electron chi connectivity index (χ4n) is 3.75. The molecular formula is C27H45N5O7. The Morgan fingerprint density at radius 2 is 1.64 bits per heavy atom. The molecule has 0 aliphatic rings. The van der Waals surface area contributed by atoms with Crippen molar-refractivity contribution in [3.8, 4) is 0 Å². The Morgan fingerprint density at radius 1 is 0.974 bits per heavy atom. The van der Waals surface area contributed by atoms with Crippen molar-refractivity contribution in [3.05, 3.63) is 29.3 Å². The van der Waals surface area contributed by atoms with Gasteiger partial charge in [-0.25, -0.2) is 0 Å². The van der Waals surface area contributed by atoms with Crippen molar-refractivity contribution in [2.45, 2.75) is 38.8 Å². The number of hydrogen-bond donors (Lipinski definition) is 4. The minimum absolute atomic E-state index is 0.204. The van der Waals surface area contributed by atoms with Gasteiger partial charge in [0.05, 0.1) is 45.7 Å². The van der Waals surface area contributed by atoms with Gasteiger partial charge in [-0.05, 0) is 26.6 Å². The molecule has 12 nitrogen and oxygen atoms in total. The number of nitrogens with zero attached hydrogens (tertiary/aromatic N) is 1. The van der Waals surface area contributed by atoms with E-state index in [0.29, 0.717) is 82.4 Å². The smallest absolute Gasteiger partial charge is 0.243 e. The van der Waals surface area contributed by atoms with Crippen LogP contribution in [0.25, 0.3) is 0 Å². The quantitative estimate of drug-likeness (QED) is 0.106. The summed E-state index contributed by atoms with van der Waals surface area (Å²) in [6.45, 7) is 7.28. The number of imide groups is 1. The molecule has 0 aliphatic heterocycles. The maximum absolute atomic E-state index is 12.6. The predicted molar refractivity (Wildman–Crippen MR) is 149 cm³/mol. The highest BCUT2D eigenvalue weighted by Crippen LogP contribution is 2.22. The summed E-state index contributed by atoms with van der Waals surface area (Å²) in [5.74, 6) is -0.610. The standard InChI is InChI=1S/C27H45N5O7/c1-4-6-25(27(36)30-21-34)32(3)19-23-22(20-33)7-5-8-24(23)31-26(35)9-10-29-12-14-38-16-18-39-17-15-37-13-11-28-2/h5,7-8,20-21,25,28-29H,4,6,9-19H2,1-3H3,(H,31,35)(H,30,34,36). The summed E-state index contributed by atoms with van der Waals surface area (Å²) in [6.07, 6.45) is 2.60. The van der Waals surface area contributed by atoms with E-state index in [1.807, 2.05) is 14.0 Å². The molecule has 1 unspecified atom stereocenters. The summed E-state index contributed by atoms with van der Waals surface area (Å²) in [5.41, 5.74) is 1.54. The number of ether oxygens (including phenoxy) is 3. The van der Waals surface area contributed by atoms with Crippen LogP contribution in [0.4, 0.5) is 5.69 Å². The lowest BCUT2D eigenvalue weighted by atomic mass is 10.0. The summed E-state index contributed by atoms with van der Waals surface area (Å²) in [5, 5.41) is 11.3. The van der Waals surface area contributed by atoms with Crippen molar-refractivity contribution in [1.29, 1.82) is 0 Å². The number of rotatable bonds is 24. The highest BCUT2D eigenvalue weighted by molar-refractivity contribution is 5.93. The zero-order valence-electron chi connectivity index (χ0n) is 23.5. The molecule has 0 heterocycles. The molecule has 220 valence electrons. The molecule has 3 amide bonds. The molecule has 0 radical (unpaired) electrons. The van der Waals surface area contributed by atoms with E-state index in [0.717, 1.165) is 19.3 Å². The number of benzene rings is 1. The molecule has 0 aliphatic carbocycles. The summed E-state index contributed by atoms with van der Waals surface area (Å²) >= 11 is 0. The number of carbonyl (C=O) groups is 4. The van der Waals surface area contributed by atoms with Gasteiger partial charge in [-0.3, -0.25) is 29.4 Å². The highest BCUT2D eigenvalue weighted by atomic mass is 16.5. The summed E-state index contributed by atoms with van der Waals surface area (Å²) in [6, 6.07) is 4.54. The second-order valence-corrected chi connectivity index (χ2v) is 8.83. The van der Waals surface area contributed by atoms with Crippen molar-refractivity contribution >= 4 is 30.2 Å². The first kappa shape index (κ1) is 34.3. The van der Waals surface area contributed by atoms with Crippen LogP contribution in [0.15, 0.2) is 18.2 Å². The first-order valence-electron chi connectivity index (χ1n) is 13.4. The number of aldehydes is 1. The Kier molecular flexibility index (Phi) is 19.4. The molecule has 39 heavy (non-hydrogen) atoms. The summed E-state index contributed by atoms with van der Waals surface area (Å²) < 4.78 is 16.3. The maximum Gasteiger partial charge on any atom is 0.243 e. The monoisotopic (exact) mass is 551 g/mol. The molecule has 1 aromatic rings. The van der Waals surface area contributed by atoms with Gasteiger partial charge in [-0.1, -0.05) is 25.5 Å². The van der Waals surface area contributed by atoms with Crippen LogP contribution in [0.5, 0.6) is 0 Å². The third kappa shape index (κ3) is 14.8. The third-order valence-corrected chi connectivity index (χ3v) is 5.81. The second kappa shape index (κ2) is 22.1. The van der Waals surface area contributed by atoms with Crippen LogP contribution in [-0.4, -0.2) is 109 Å². The van der Waals surface area contributed by atoms with Gasteiger partial charge in [0.2, 0.25) is 18.2 Å². The number of anilines is 1. The van der Waals surface area contributed by atoms with Crippen LogP contribution in [0.2, 0.25) is 0 Å². The van der Waals surface area contributed by atoms with Crippen molar-refractivity contribution in [3.63, 3.8) is 0 Å². The van der Waals surface area contributed by atoms with E-state index in [1.54, 1.807) is 30.1 Å². The van der Waals surface area contributed by atoms with E-state index in [2.05, 4.69) is 21.3 Å². The molecule has 1 rings (SSSR count). The van der Waals surface area contributed by atoms with Crippen molar-refractivity contribution in [2.24, 2.45) is 0 Å². The first-order chi connectivity index (χ1) is 19.0. The van der Waals surface area contributed by atoms with Crippen molar-refractivity contribution in [2.75, 3.05) is 78.7 Å². The fraction of sp³-hybridized carbons (Fsp3) is 0.630. The number of hydrogen-bond acceptors (Lipinski definition) is 10. The van der Waals surface area contributed by atoms with E-state index in [9.17, 15) is 19.2 Å². The summed E-state index contributed by atoms with van der Waals surface area (Å²) in [4.78, 5) is 49.2. The molecule has 0 aromatic heterocycles. The Morgan fingerprint density at radius 3 is 2.26 bits per heavy atom. The number of nitrogens with one attached hydrogen (secondary N) is 4. The first-order valence-corrected chi connectivity index (χ1v) is 13.4. The van der Waals surface area contributed by atoms with Gasteiger partial charge in [0.25, 0.3) is 0 Å². The Labute approximate surface area is 231 Å². The number of carbonyl (C=O) groups excluding carboxylic acids is 4. The largest absolute Gasteiger partial charge is 0.378 e. The van der Waals surface area contributed by atoms with E-state index in [1.165, 1.54) is 0 Å². The van der Waals surface area contributed by atoms with Crippen LogP contribution >= 0.6 is 0 Å². The molecule has 12 heteroatoms. The minimum atomic E-state index is -0.552.